The van der Waals surface area contributed by atoms with E-state index < -0.39 is 5.60 Å². The highest BCUT2D eigenvalue weighted by Gasteiger charge is 2.47. The highest BCUT2D eigenvalue weighted by molar-refractivity contribution is 6.40. The van der Waals surface area contributed by atoms with Gasteiger partial charge in [0.05, 0.1) is 22.1 Å². The van der Waals surface area contributed by atoms with E-state index in [9.17, 15) is 4.79 Å². The first-order valence-corrected chi connectivity index (χ1v) is 12.3. The Morgan fingerprint density at radius 3 is 2.29 bits per heavy atom. The molecular formula is C26H27Cl2N3O4. The van der Waals surface area contributed by atoms with Gasteiger partial charge >= 0.3 is 12.2 Å². The third kappa shape index (κ3) is 5.09. The molecule has 2 aromatic carbocycles. The minimum atomic E-state index is -0.406. The Hall–Kier alpha value is -2.83. The molecule has 0 atom stereocenters. The van der Waals surface area contributed by atoms with Crippen LogP contribution in [0.25, 0.3) is 10.9 Å². The van der Waals surface area contributed by atoms with Crippen LogP contribution in [0.1, 0.15) is 38.3 Å². The zero-order valence-corrected chi connectivity index (χ0v) is 21.2. The van der Waals surface area contributed by atoms with Crippen molar-refractivity contribution in [3.05, 3.63) is 64.3 Å². The molecule has 9 heteroatoms. The van der Waals surface area contributed by atoms with Gasteiger partial charge in [0.2, 0.25) is 0 Å². The Kier molecular flexibility index (Phi) is 7.53. The number of piperidine rings is 1. The van der Waals surface area contributed by atoms with Crippen LogP contribution in [0.15, 0.2) is 48.7 Å². The molecule has 1 spiro atoms. The fraction of sp³-hybridized carbons (Fsp3) is 0.385. The molecule has 3 aromatic rings. The van der Waals surface area contributed by atoms with Gasteiger partial charge in [-0.05, 0) is 43.7 Å². The van der Waals surface area contributed by atoms with Crippen LogP contribution in [0.5, 0.6) is 0 Å². The second-order valence-corrected chi connectivity index (χ2v) is 10.1. The summed E-state index contributed by atoms with van der Waals surface area (Å²) >= 11 is 13.2. The lowest BCUT2D eigenvalue weighted by Crippen LogP contribution is -2.46. The molecule has 3 heterocycles. The molecule has 0 bridgehead atoms. The largest absolute Gasteiger partial charge is 0.441 e. The van der Waals surface area contributed by atoms with Crippen molar-refractivity contribution < 1.29 is 19.1 Å². The highest BCUT2D eigenvalue weighted by Crippen LogP contribution is 2.39. The number of benzene rings is 2. The normalized spacial score (nSPS) is 17.4. The summed E-state index contributed by atoms with van der Waals surface area (Å²) < 4.78 is 8.12. The molecule has 0 N–H and O–H groups in total. The highest BCUT2D eigenvalue weighted by atomic mass is 35.5. The SMILES string of the molecule is CC(C)n1cc(CN2CCC3(CC2)CN(c2ccccc2)C(=O)O3)c2c(Cl)ccc(Cl)c21.O=C=O. The maximum absolute atomic E-state index is 12.6. The fourth-order valence-electron chi connectivity index (χ4n) is 4.97. The van der Waals surface area contributed by atoms with E-state index in [-0.39, 0.29) is 18.3 Å². The van der Waals surface area contributed by atoms with Crippen molar-refractivity contribution >= 4 is 52.0 Å². The van der Waals surface area contributed by atoms with Gasteiger partial charge in [-0.1, -0.05) is 41.4 Å². The van der Waals surface area contributed by atoms with Gasteiger partial charge in [0.25, 0.3) is 0 Å². The Balaban J connectivity index is 0.000000917. The van der Waals surface area contributed by atoms with E-state index in [1.54, 1.807) is 4.90 Å². The average Bonchev–Trinajstić information content (AvgIpc) is 3.38. The van der Waals surface area contributed by atoms with E-state index in [1.807, 2.05) is 42.5 Å². The maximum atomic E-state index is 12.6. The summed E-state index contributed by atoms with van der Waals surface area (Å²) in [6, 6.07) is 13.8. The smallest absolute Gasteiger partial charge is 0.415 e. The van der Waals surface area contributed by atoms with Crippen LogP contribution in [-0.2, 0) is 20.9 Å². The van der Waals surface area contributed by atoms with Crippen molar-refractivity contribution in [2.45, 2.75) is 44.9 Å². The first-order valence-electron chi connectivity index (χ1n) is 11.5. The molecule has 1 amide bonds. The lowest BCUT2D eigenvalue weighted by Gasteiger charge is -2.37. The summed E-state index contributed by atoms with van der Waals surface area (Å²) in [6.45, 7) is 7.43. The predicted molar refractivity (Wildman–Crippen MR) is 135 cm³/mol. The van der Waals surface area contributed by atoms with Crippen LogP contribution in [0.2, 0.25) is 10.0 Å². The van der Waals surface area contributed by atoms with Gasteiger partial charge in [-0.2, -0.15) is 9.59 Å². The van der Waals surface area contributed by atoms with Gasteiger partial charge < -0.3 is 9.30 Å². The topological polar surface area (TPSA) is 71.8 Å². The summed E-state index contributed by atoms with van der Waals surface area (Å²) in [5, 5.41) is 2.49. The van der Waals surface area contributed by atoms with Crippen LogP contribution < -0.4 is 4.90 Å². The summed E-state index contributed by atoms with van der Waals surface area (Å²) in [5.74, 6) is 0. The van der Waals surface area contributed by atoms with E-state index in [2.05, 4.69) is 29.5 Å². The van der Waals surface area contributed by atoms with E-state index in [0.29, 0.717) is 6.54 Å². The predicted octanol–water partition coefficient (Wildman–Crippen LogP) is 5.94. The number of fused-ring (bicyclic) bond motifs is 1. The molecule has 0 aliphatic carbocycles. The summed E-state index contributed by atoms with van der Waals surface area (Å²) in [4.78, 5) is 33.0. The van der Waals surface area contributed by atoms with Crippen LogP contribution in [0.3, 0.4) is 0 Å². The van der Waals surface area contributed by atoms with E-state index in [4.69, 9.17) is 37.5 Å². The number of para-hydroxylation sites is 1. The van der Waals surface area contributed by atoms with Gasteiger partial charge in [-0.15, -0.1) is 0 Å². The molecule has 35 heavy (non-hydrogen) atoms. The van der Waals surface area contributed by atoms with Crippen LogP contribution in [0, 0.1) is 0 Å². The van der Waals surface area contributed by atoms with E-state index in [1.165, 1.54) is 5.56 Å². The first kappa shape index (κ1) is 25.3. The number of rotatable bonds is 4. The van der Waals surface area contributed by atoms with Crippen molar-refractivity contribution in [1.29, 1.82) is 0 Å². The zero-order chi connectivity index (χ0) is 25.2. The molecule has 184 valence electrons. The second kappa shape index (κ2) is 10.4. The Labute approximate surface area is 214 Å². The quantitative estimate of drug-likeness (QED) is 0.430. The summed E-state index contributed by atoms with van der Waals surface area (Å²) in [5.41, 5.74) is 2.67. The number of carbonyl (C=O) groups is 1. The van der Waals surface area contributed by atoms with Crippen LogP contribution in [-0.4, -0.2) is 46.9 Å². The van der Waals surface area contributed by atoms with Crippen molar-refractivity contribution in [1.82, 2.24) is 9.47 Å². The standard InChI is InChI=1S/C25H27Cl2N3O2.CO2/c1-17(2)29-15-18(22-20(26)8-9-21(27)23(22)29)14-28-12-10-25(11-13-28)16-30(24(31)32-25)19-6-4-3-5-7-19;2-1-3/h3-9,15,17H,10-14,16H2,1-2H3;. The molecule has 7 nitrogen and oxygen atoms in total. The first-order chi connectivity index (χ1) is 16.8. The molecule has 2 aliphatic heterocycles. The molecule has 2 fully saturated rings. The Morgan fingerprint density at radius 2 is 1.66 bits per heavy atom. The van der Waals surface area contributed by atoms with Crippen molar-refractivity contribution in [3.8, 4) is 0 Å². The zero-order valence-electron chi connectivity index (χ0n) is 19.7. The number of halogens is 2. The fourth-order valence-corrected chi connectivity index (χ4v) is 5.50. The van der Waals surface area contributed by atoms with E-state index >= 15 is 0 Å². The molecule has 0 unspecified atom stereocenters. The van der Waals surface area contributed by atoms with E-state index in [0.717, 1.165) is 59.1 Å². The van der Waals surface area contributed by atoms with Crippen LogP contribution >= 0.6 is 23.2 Å². The van der Waals surface area contributed by atoms with Crippen LogP contribution in [0.4, 0.5) is 10.5 Å². The molecule has 5 rings (SSSR count). The lowest BCUT2D eigenvalue weighted by molar-refractivity contribution is -0.191. The number of nitrogens with zero attached hydrogens (tertiary/aromatic N) is 3. The Bertz CT molecular complexity index is 1240. The summed E-state index contributed by atoms with van der Waals surface area (Å²) in [6.07, 6.45) is 3.83. The molecule has 0 radical (unpaired) electrons. The number of carbonyl (C=O) groups excluding carboxylic acids is 3. The van der Waals surface area contributed by atoms with Crippen molar-refractivity contribution in [2.24, 2.45) is 0 Å². The molecule has 1 aromatic heterocycles. The molecule has 2 saturated heterocycles. The Morgan fingerprint density at radius 1 is 1.03 bits per heavy atom. The number of anilines is 1. The third-order valence-electron chi connectivity index (χ3n) is 6.71. The maximum Gasteiger partial charge on any atom is 0.415 e. The van der Waals surface area contributed by atoms with Crippen molar-refractivity contribution in [2.75, 3.05) is 24.5 Å². The minimum Gasteiger partial charge on any atom is -0.441 e. The minimum absolute atomic E-state index is 0.244. The molecular weight excluding hydrogens is 489 g/mol. The number of ether oxygens (including phenoxy) is 1. The van der Waals surface area contributed by atoms with Gasteiger partial charge in [-0.3, -0.25) is 9.80 Å². The van der Waals surface area contributed by atoms with Crippen molar-refractivity contribution in [3.63, 3.8) is 0 Å². The average molecular weight is 516 g/mol. The van der Waals surface area contributed by atoms with Gasteiger partial charge in [0, 0.05) is 55.8 Å². The number of amides is 1. The molecule has 2 aliphatic rings. The van der Waals surface area contributed by atoms with Gasteiger partial charge in [-0.25, -0.2) is 4.79 Å². The monoisotopic (exact) mass is 515 g/mol. The van der Waals surface area contributed by atoms with Gasteiger partial charge in [0.15, 0.2) is 0 Å². The number of likely N-dealkylation sites (tertiary alicyclic amines) is 1. The number of aromatic nitrogens is 1. The summed E-state index contributed by atoms with van der Waals surface area (Å²) in [7, 11) is 0. The third-order valence-corrected chi connectivity index (χ3v) is 7.33. The van der Waals surface area contributed by atoms with Gasteiger partial charge in [0.1, 0.15) is 5.60 Å². The number of hydrogen-bond donors (Lipinski definition) is 0. The second-order valence-electron chi connectivity index (χ2n) is 9.24. The number of hydrogen-bond acceptors (Lipinski definition) is 5. The molecule has 0 saturated carbocycles. The lowest BCUT2D eigenvalue weighted by atomic mass is 9.91.